The predicted octanol–water partition coefficient (Wildman–Crippen LogP) is 0.201. The van der Waals surface area contributed by atoms with E-state index in [1.54, 1.807) is 13.8 Å². The van der Waals surface area contributed by atoms with Gasteiger partial charge in [0.25, 0.3) is 5.56 Å². The van der Waals surface area contributed by atoms with E-state index in [4.69, 9.17) is 5.21 Å². The number of oxime groups is 1. The van der Waals surface area contributed by atoms with E-state index < -0.39 is 0 Å². The summed E-state index contributed by atoms with van der Waals surface area (Å²) in [4.78, 5) is 21.8. The highest BCUT2D eigenvalue weighted by molar-refractivity contribution is 6.35. The molecule has 0 spiro atoms. The Morgan fingerprint density at radius 3 is 2.73 bits per heavy atom. The smallest absolute Gasteiger partial charge is 0.267 e. The molecule has 0 amide bonds. The summed E-state index contributed by atoms with van der Waals surface area (Å²) in [7, 11) is 0. The summed E-state index contributed by atoms with van der Waals surface area (Å²) in [6.45, 7) is 3.57. The Bertz CT molecular complexity index is 448. The molecule has 0 radical (unpaired) electrons. The van der Waals surface area contributed by atoms with Gasteiger partial charge in [0.1, 0.15) is 5.69 Å². The SMILES string of the molecule is CC(C)n1nc(C(C=O)=NO)ccc1=O. The minimum Gasteiger partial charge on any atom is -0.410 e. The largest absolute Gasteiger partial charge is 0.410 e. The molecule has 1 heterocycles. The summed E-state index contributed by atoms with van der Waals surface area (Å²) < 4.78 is 1.21. The van der Waals surface area contributed by atoms with E-state index in [2.05, 4.69) is 10.3 Å². The Morgan fingerprint density at radius 2 is 2.27 bits per heavy atom. The lowest BCUT2D eigenvalue weighted by molar-refractivity contribution is -0.102. The van der Waals surface area contributed by atoms with Crippen molar-refractivity contribution in [3.05, 3.63) is 28.2 Å². The molecule has 1 aromatic heterocycles. The fraction of sp³-hybridized carbons (Fsp3) is 0.333. The van der Waals surface area contributed by atoms with E-state index in [9.17, 15) is 9.59 Å². The van der Waals surface area contributed by atoms with Gasteiger partial charge in [0.2, 0.25) is 0 Å². The Hall–Kier alpha value is -1.98. The van der Waals surface area contributed by atoms with Crippen LogP contribution in [0.3, 0.4) is 0 Å². The van der Waals surface area contributed by atoms with E-state index in [0.717, 1.165) is 0 Å². The number of nitrogens with zero attached hydrogens (tertiary/aromatic N) is 3. The van der Waals surface area contributed by atoms with Crippen molar-refractivity contribution in [1.82, 2.24) is 9.78 Å². The van der Waals surface area contributed by atoms with Crippen LogP contribution in [-0.2, 0) is 4.79 Å². The van der Waals surface area contributed by atoms with Gasteiger partial charge < -0.3 is 5.21 Å². The van der Waals surface area contributed by atoms with E-state index >= 15 is 0 Å². The fourth-order valence-corrected chi connectivity index (χ4v) is 1.07. The van der Waals surface area contributed by atoms with Crippen molar-refractivity contribution in [2.24, 2.45) is 5.16 Å². The molecule has 0 aliphatic heterocycles. The summed E-state index contributed by atoms with van der Waals surface area (Å²) in [6.07, 6.45) is 0.372. The maximum absolute atomic E-state index is 11.3. The van der Waals surface area contributed by atoms with Crippen LogP contribution in [0.2, 0.25) is 0 Å². The van der Waals surface area contributed by atoms with Gasteiger partial charge in [-0.05, 0) is 19.9 Å². The van der Waals surface area contributed by atoms with Gasteiger partial charge in [0.05, 0.1) is 6.04 Å². The monoisotopic (exact) mass is 209 g/mol. The summed E-state index contributed by atoms with van der Waals surface area (Å²) in [5.41, 5.74) is -0.304. The Kier molecular flexibility index (Phi) is 3.33. The topological polar surface area (TPSA) is 84.6 Å². The molecule has 6 nitrogen and oxygen atoms in total. The number of hydrogen-bond donors (Lipinski definition) is 1. The first kappa shape index (κ1) is 11.1. The first-order valence-electron chi connectivity index (χ1n) is 4.37. The third kappa shape index (κ3) is 2.28. The fourth-order valence-electron chi connectivity index (χ4n) is 1.07. The van der Waals surface area contributed by atoms with Gasteiger partial charge in [-0.15, -0.1) is 0 Å². The third-order valence-corrected chi connectivity index (χ3v) is 1.80. The summed E-state index contributed by atoms with van der Waals surface area (Å²) in [6, 6.07) is 2.49. The first-order valence-corrected chi connectivity index (χ1v) is 4.37. The number of aldehydes is 1. The Balaban J connectivity index is 3.30. The molecule has 0 aliphatic rings. The molecule has 0 aliphatic carbocycles. The molecular formula is C9H11N3O3. The maximum atomic E-state index is 11.3. The zero-order valence-electron chi connectivity index (χ0n) is 8.41. The molecule has 80 valence electrons. The molecule has 6 heteroatoms. The number of hydrogen-bond acceptors (Lipinski definition) is 5. The first-order chi connectivity index (χ1) is 7.10. The normalized spacial score (nSPS) is 11.8. The second-order valence-corrected chi connectivity index (χ2v) is 3.20. The molecule has 1 N–H and O–H groups in total. The highest BCUT2D eigenvalue weighted by Gasteiger charge is 2.08. The summed E-state index contributed by atoms with van der Waals surface area (Å²) in [5.74, 6) is 0. The molecule has 0 fully saturated rings. The average molecular weight is 209 g/mol. The lowest BCUT2D eigenvalue weighted by Gasteiger charge is -2.08. The number of rotatable bonds is 3. The van der Waals surface area contributed by atoms with Crippen LogP contribution >= 0.6 is 0 Å². The second-order valence-electron chi connectivity index (χ2n) is 3.20. The third-order valence-electron chi connectivity index (χ3n) is 1.80. The molecule has 15 heavy (non-hydrogen) atoms. The van der Waals surface area contributed by atoms with Gasteiger partial charge in [-0.3, -0.25) is 9.59 Å². The van der Waals surface area contributed by atoms with Crippen molar-refractivity contribution in [2.75, 3.05) is 0 Å². The van der Waals surface area contributed by atoms with Crippen molar-refractivity contribution in [2.45, 2.75) is 19.9 Å². The van der Waals surface area contributed by atoms with Crippen LogP contribution in [-0.4, -0.2) is 27.0 Å². The van der Waals surface area contributed by atoms with Crippen LogP contribution in [0.1, 0.15) is 25.6 Å². The Morgan fingerprint density at radius 1 is 1.60 bits per heavy atom. The highest BCUT2D eigenvalue weighted by atomic mass is 16.4. The molecule has 0 unspecified atom stereocenters. The van der Waals surface area contributed by atoms with Gasteiger partial charge in [0, 0.05) is 6.07 Å². The molecule has 1 rings (SSSR count). The van der Waals surface area contributed by atoms with E-state index in [0.29, 0.717) is 6.29 Å². The molecule has 0 bridgehead atoms. The maximum Gasteiger partial charge on any atom is 0.267 e. The average Bonchev–Trinajstić information content (AvgIpc) is 2.21. The van der Waals surface area contributed by atoms with Crippen LogP contribution in [0, 0.1) is 0 Å². The van der Waals surface area contributed by atoms with Gasteiger partial charge in [-0.1, -0.05) is 5.16 Å². The van der Waals surface area contributed by atoms with Gasteiger partial charge in [-0.25, -0.2) is 4.68 Å². The zero-order valence-corrected chi connectivity index (χ0v) is 8.41. The van der Waals surface area contributed by atoms with E-state index in [1.807, 2.05) is 0 Å². The standard InChI is InChI=1S/C9H11N3O3/c1-6(2)12-9(14)4-3-7(10-12)8(5-13)11-15/h3-6,15H,1-2H3. The quantitative estimate of drug-likeness (QED) is 0.333. The lowest BCUT2D eigenvalue weighted by Crippen LogP contribution is -2.26. The van der Waals surface area contributed by atoms with Crippen molar-refractivity contribution in [3.63, 3.8) is 0 Å². The molecular weight excluding hydrogens is 198 g/mol. The molecule has 0 saturated carbocycles. The van der Waals surface area contributed by atoms with Crippen molar-refractivity contribution >= 4 is 12.0 Å². The van der Waals surface area contributed by atoms with Gasteiger partial charge in [0.15, 0.2) is 12.0 Å². The second kappa shape index (κ2) is 4.50. The predicted molar refractivity (Wildman–Crippen MR) is 53.3 cm³/mol. The minimum atomic E-state index is -0.267. The number of carbonyl (C=O) groups is 1. The number of carbonyl (C=O) groups excluding carboxylic acids is 1. The molecule has 1 aromatic rings. The van der Waals surface area contributed by atoms with Crippen LogP contribution < -0.4 is 5.56 Å². The molecule has 0 aromatic carbocycles. The van der Waals surface area contributed by atoms with Crippen LogP contribution in [0.5, 0.6) is 0 Å². The zero-order chi connectivity index (χ0) is 11.4. The Labute approximate surface area is 85.8 Å². The minimum absolute atomic E-state index is 0.121. The van der Waals surface area contributed by atoms with Crippen molar-refractivity contribution in [3.8, 4) is 0 Å². The van der Waals surface area contributed by atoms with Crippen LogP contribution in [0.4, 0.5) is 0 Å². The van der Waals surface area contributed by atoms with Gasteiger partial charge in [-0.2, -0.15) is 5.10 Å². The number of aromatic nitrogens is 2. The van der Waals surface area contributed by atoms with E-state index in [1.165, 1.54) is 16.8 Å². The van der Waals surface area contributed by atoms with E-state index in [-0.39, 0.29) is 23.0 Å². The van der Waals surface area contributed by atoms with Crippen LogP contribution in [0.25, 0.3) is 0 Å². The molecule has 0 saturated heterocycles. The highest BCUT2D eigenvalue weighted by Crippen LogP contribution is 1.99. The lowest BCUT2D eigenvalue weighted by atomic mass is 10.3. The molecule has 0 atom stereocenters. The van der Waals surface area contributed by atoms with Crippen molar-refractivity contribution in [1.29, 1.82) is 0 Å². The van der Waals surface area contributed by atoms with Gasteiger partial charge >= 0.3 is 0 Å². The van der Waals surface area contributed by atoms with Crippen molar-refractivity contribution < 1.29 is 10.0 Å². The summed E-state index contributed by atoms with van der Waals surface area (Å²) in [5, 5.41) is 15.2. The summed E-state index contributed by atoms with van der Waals surface area (Å²) >= 11 is 0. The van der Waals surface area contributed by atoms with Crippen LogP contribution in [0.15, 0.2) is 22.1 Å².